The molecule has 2 fully saturated rings. The van der Waals surface area contributed by atoms with E-state index in [4.69, 9.17) is 9.84 Å². The minimum atomic E-state index is -0.995. The zero-order valence-electron chi connectivity index (χ0n) is 21.4. The van der Waals surface area contributed by atoms with Crippen LogP contribution in [0.5, 0.6) is 0 Å². The van der Waals surface area contributed by atoms with Crippen LogP contribution in [0.3, 0.4) is 0 Å². The van der Waals surface area contributed by atoms with E-state index in [-0.39, 0.29) is 17.5 Å². The summed E-state index contributed by atoms with van der Waals surface area (Å²) in [6.07, 6.45) is 1.11. The zero-order valence-corrected chi connectivity index (χ0v) is 21.4. The summed E-state index contributed by atoms with van der Waals surface area (Å²) >= 11 is 0. The van der Waals surface area contributed by atoms with Gasteiger partial charge < -0.3 is 9.84 Å². The van der Waals surface area contributed by atoms with Crippen molar-refractivity contribution in [2.75, 3.05) is 24.5 Å². The van der Waals surface area contributed by atoms with Crippen LogP contribution < -0.4 is 4.90 Å². The molecule has 2 saturated heterocycles. The summed E-state index contributed by atoms with van der Waals surface area (Å²) in [5, 5.41) is 9.12. The first-order chi connectivity index (χ1) is 17.6. The fourth-order valence-corrected chi connectivity index (χ4v) is 5.64. The van der Waals surface area contributed by atoms with Gasteiger partial charge in [0.1, 0.15) is 11.4 Å². The second-order valence-corrected chi connectivity index (χ2v) is 10.3. The average molecular weight is 503 g/mol. The first kappa shape index (κ1) is 25.0. The number of aryl methyl sites for hydroxylation is 3. The highest BCUT2D eigenvalue weighted by molar-refractivity contribution is 5.92. The summed E-state index contributed by atoms with van der Waals surface area (Å²) in [6, 6.07) is 16.0. The number of halogens is 1. The average Bonchev–Trinajstić information content (AvgIpc) is 3.18. The Labute approximate surface area is 216 Å². The molecular formula is C30H31FN2O4. The third-order valence-corrected chi connectivity index (χ3v) is 7.61. The van der Waals surface area contributed by atoms with Crippen molar-refractivity contribution in [3.8, 4) is 11.1 Å². The molecule has 7 heteroatoms. The summed E-state index contributed by atoms with van der Waals surface area (Å²) in [6.45, 7) is 8.91. The van der Waals surface area contributed by atoms with Crippen LogP contribution in [0.1, 0.15) is 45.5 Å². The van der Waals surface area contributed by atoms with Gasteiger partial charge in [0.25, 0.3) is 0 Å². The molecule has 0 aromatic heterocycles. The number of hydrogen-bond donors (Lipinski definition) is 1. The molecule has 2 aliphatic rings. The number of aromatic carboxylic acids is 1. The summed E-state index contributed by atoms with van der Waals surface area (Å²) in [4.78, 5) is 27.8. The van der Waals surface area contributed by atoms with Crippen LogP contribution in [0, 0.1) is 26.6 Å². The van der Waals surface area contributed by atoms with E-state index in [0.29, 0.717) is 17.8 Å². The maximum Gasteiger partial charge on any atom is 0.415 e. The van der Waals surface area contributed by atoms with E-state index < -0.39 is 11.6 Å². The Kier molecular flexibility index (Phi) is 6.50. The van der Waals surface area contributed by atoms with Gasteiger partial charge in [0.05, 0.1) is 12.1 Å². The number of ether oxygens (including phenoxy) is 1. The minimum absolute atomic E-state index is 0.186. The lowest BCUT2D eigenvalue weighted by Crippen LogP contribution is -2.46. The molecule has 192 valence electrons. The van der Waals surface area contributed by atoms with E-state index in [1.807, 2.05) is 12.1 Å². The quantitative estimate of drug-likeness (QED) is 0.456. The number of carbonyl (C=O) groups is 2. The van der Waals surface area contributed by atoms with Crippen molar-refractivity contribution in [2.45, 2.75) is 45.8 Å². The van der Waals surface area contributed by atoms with Crippen molar-refractivity contribution < 1.29 is 23.8 Å². The standard InChI is InChI=1S/C30H31FN2O4/c1-19-16-24(6-9-26(19)31)27-20(2)14-22(15-21(27)3)17-32-12-10-30(11-13-32)18-33(29(36)37-30)25-7-4-23(5-8-25)28(34)35/h4-9,14-16H,10-13,17-18H2,1-3H3,(H,34,35). The maximum atomic E-state index is 13.8. The fourth-order valence-electron chi connectivity index (χ4n) is 5.64. The number of carboxylic acids is 1. The largest absolute Gasteiger partial charge is 0.478 e. The number of likely N-dealkylation sites (tertiary alicyclic amines) is 1. The Morgan fingerprint density at radius 2 is 1.62 bits per heavy atom. The Hall–Kier alpha value is -3.71. The number of nitrogens with zero attached hydrogens (tertiary/aromatic N) is 2. The number of carboxylic acid groups (broad SMARTS) is 1. The van der Waals surface area contributed by atoms with Crippen molar-refractivity contribution in [3.63, 3.8) is 0 Å². The molecule has 5 rings (SSSR count). The van der Waals surface area contributed by atoms with Gasteiger partial charge in [-0.1, -0.05) is 18.2 Å². The Bertz CT molecular complexity index is 1340. The van der Waals surface area contributed by atoms with E-state index in [1.165, 1.54) is 34.9 Å². The number of anilines is 1. The minimum Gasteiger partial charge on any atom is -0.478 e. The first-order valence-electron chi connectivity index (χ1n) is 12.6. The molecule has 0 radical (unpaired) electrons. The number of rotatable bonds is 5. The molecule has 6 nitrogen and oxygen atoms in total. The van der Waals surface area contributed by atoms with Gasteiger partial charge in [-0.3, -0.25) is 9.80 Å². The van der Waals surface area contributed by atoms with Gasteiger partial charge in [0, 0.05) is 38.2 Å². The number of carbonyl (C=O) groups excluding carboxylic acids is 1. The number of amides is 1. The Morgan fingerprint density at radius 3 is 2.22 bits per heavy atom. The van der Waals surface area contributed by atoms with Gasteiger partial charge in [-0.05, 0) is 90.6 Å². The highest BCUT2D eigenvalue weighted by atomic mass is 19.1. The lowest BCUT2D eigenvalue weighted by Gasteiger charge is -2.37. The van der Waals surface area contributed by atoms with Crippen LogP contribution in [0.25, 0.3) is 11.1 Å². The number of benzene rings is 3. The van der Waals surface area contributed by atoms with Crippen LogP contribution in [-0.4, -0.2) is 47.3 Å². The molecular weight excluding hydrogens is 471 g/mol. The molecule has 3 aromatic rings. The predicted molar refractivity (Wildman–Crippen MR) is 141 cm³/mol. The maximum absolute atomic E-state index is 13.8. The molecule has 0 bridgehead atoms. The predicted octanol–water partition coefficient (Wildman–Crippen LogP) is 6.11. The van der Waals surface area contributed by atoms with Crippen molar-refractivity contribution in [2.24, 2.45) is 0 Å². The van der Waals surface area contributed by atoms with Gasteiger partial charge >= 0.3 is 12.1 Å². The van der Waals surface area contributed by atoms with Crippen LogP contribution in [0.15, 0.2) is 54.6 Å². The molecule has 3 aromatic carbocycles. The smallest absolute Gasteiger partial charge is 0.415 e. The fraction of sp³-hybridized carbons (Fsp3) is 0.333. The number of piperidine rings is 1. The second kappa shape index (κ2) is 9.63. The highest BCUT2D eigenvalue weighted by Crippen LogP contribution is 2.37. The van der Waals surface area contributed by atoms with Gasteiger partial charge in [0.15, 0.2) is 0 Å². The monoisotopic (exact) mass is 502 g/mol. The molecule has 37 heavy (non-hydrogen) atoms. The second-order valence-electron chi connectivity index (χ2n) is 10.3. The van der Waals surface area contributed by atoms with Crippen molar-refractivity contribution >= 4 is 17.7 Å². The third-order valence-electron chi connectivity index (χ3n) is 7.61. The molecule has 1 spiro atoms. The van der Waals surface area contributed by atoms with Crippen LogP contribution in [0.4, 0.5) is 14.9 Å². The molecule has 0 atom stereocenters. The molecule has 0 unspecified atom stereocenters. The SMILES string of the molecule is Cc1cc(-c2c(C)cc(CN3CCC4(CC3)CN(c3ccc(C(=O)O)cc3)C(=O)O4)cc2C)ccc1F. The molecule has 1 N–H and O–H groups in total. The zero-order chi connectivity index (χ0) is 26.3. The Morgan fingerprint density at radius 1 is 0.973 bits per heavy atom. The van der Waals surface area contributed by atoms with E-state index in [1.54, 1.807) is 24.0 Å². The van der Waals surface area contributed by atoms with Gasteiger partial charge in [0.2, 0.25) is 0 Å². The molecule has 0 aliphatic carbocycles. The van der Waals surface area contributed by atoms with Crippen molar-refractivity contribution in [3.05, 3.63) is 88.2 Å². The van der Waals surface area contributed by atoms with Gasteiger partial charge in [-0.25, -0.2) is 14.0 Å². The molecule has 0 saturated carbocycles. The highest BCUT2D eigenvalue weighted by Gasteiger charge is 2.47. The Balaban J connectivity index is 1.24. The van der Waals surface area contributed by atoms with E-state index in [0.717, 1.165) is 43.6 Å². The molecule has 2 heterocycles. The van der Waals surface area contributed by atoms with Crippen molar-refractivity contribution in [1.29, 1.82) is 0 Å². The lowest BCUT2D eigenvalue weighted by molar-refractivity contribution is -0.000987. The lowest BCUT2D eigenvalue weighted by atomic mass is 9.90. The molecule has 1 amide bonds. The topological polar surface area (TPSA) is 70.1 Å². The van der Waals surface area contributed by atoms with Crippen molar-refractivity contribution in [1.82, 2.24) is 4.90 Å². The van der Waals surface area contributed by atoms with Crippen LogP contribution >= 0.6 is 0 Å². The van der Waals surface area contributed by atoms with E-state index in [2.05, 4.69) is 30.9 Å². The third kappa shape index (κ3) is 4.96. The van der Waals surface area contributed by atoms with Crippen LogP contribution in [0.2, 0.25) is 0 Å². The van der Waals surface area contributed by atoms with Gasteiger partial charge in [-0.2, -0.15) is 0 Å². The van der Waals surface area contributed by atoms with Crippen LogP contribution in [-0.2, 0) is 11.3 Å². The summed E-state index contributed by atoms with van der Waals surface area (Å²) in [7, 11) is 0. The molecule has 2 aliphatic heterocycles. The summed E-state index contributed by atoms with van der Waals surface area (Å²) in [5.41, 5.74) is 6.72. The number of hydrogen-bond acceptors (Lipinski definition) is 4. The van der Waals surface area contributed by atoms with Gasteiger partial charge in [-0.15, -0.1) is 0 Å². The summed E-state index contributed by atoms with van der Waals surface area (Å²) in [5.74, 6) is -1.18. The first-order valence-corrected chi connectivity index (χ1v) is 12.6. The van der Waals surface area contributed by atoms with E-state index >= 15 is 0 Å². The van der Waals surface area contributed by atoms with E-state index in [9.17, 15) is 14.0 Å². The normalized spacial score (nSPS) is 17.3. The summed E-state index contributed by atoms with van der Waals surface area (Å²) < 4.78 is 19.6.